The highest BCUT2D eigenvalue weighted by molar-refractivity contribution is 4.90. The van der Waals surface area contributed by atoms with Crippen molar-refractivity contribution >= 4 is 0 Å². The van der Waals surface area contributed by atoms with Crippen LogP contribution in [0, 0.1) is 17.3 Å². The van der Waals surface area contributed by atoms with Gasteiger partial charge in [-0.15, -0.1) is 0 Å². The Hall–Kier alpha value is -0.0400. The summed E-state index contributed by atoms with van der Waals surface area (Å²) in [5, 5.41) is 0. The number of hydrogen-bond acceptors (Lipinski definition) is 1. The fraction of sp³-hybridized carbons (Fsp3) is 1.00. The second kappa shape index (κ2) is 6.78. The highest BCUT2D eigenvalue weighted by Crippen LogP contribution is 2.47. The van der Waals surface area contributed by atoms with Crippen molar-refractivity contribution in [1.29, 1.82) is 0 Å². The van der Waals surface area contributed by atoms with Crippen LogP contribution in [-0.4, -0.2) is 25.0 Å². The van der Waals surface area contributed by atoms with Gasteiger partial charge < -0.3 is 4.90 Å². The molecule has 1 aliphatic carbocycles. The molecular weight excluding hydrogens is 206 g/mol. The molecule has 1 saturated heterocycles. The van der Waals surface area contributed by atoms with E-state index in [1.165, 1.54) is 51.6 Å². The van der Waals surface area contributed by atoms with Gasteiger partial charge >= 0.3 is 0 Å². The molecule has 102 valence electrons. The molecule has 1 heterocycles. The molecule has 0 aromatic rings. The molecule has 0 bridgehead atoms. The molecule has 0 aromatic carbocycles. The second-order valence-electron chi connectivity index (χ2n) is 6.38. The number of likely N-dealkylation sites (tertiary alicyclic amines) is 1. The van der Waals surface area contributed by atoms with Gasteiger partial charge in [0, 0.05) is 0 Å². The molecule has 2 fully saturated rings. The lowest BCUT2D eigenvalue weighted by atomic mass is 9.64. The zero-order chi connectivity index (χ0) is 12.9. The van der Waals surface area contributed by atoms with E-state index in [4.69, 9.17) is 0 Å². The summed E-state index contributed by atoms with van der Waals surface area (Å²) in [6.45, 7) is 11.5. The Kier molecular flexibility index (Phi) is 5.99. The summed E-state index contributed by atoms with van der Waals surface area (Å²) in [5.41, 5.74) is 0.762. The highest BCUT2D eigenvalue weighted by Gasteiger charge is 2.37. The molecule has 0 N–H and O–H groups in total. The van der Waals surface area contributed by atoms with E-state index in [2.05, 4.69) is 25.8 Å². The third kappa shape index (κ3) is 3.98. The van der Waals surface area contributed by atoms with E-state index in [-0.39, 0.29) is 0 Å². The molecule has 0 amide bonds. The molecule has 1 nitrogen and oxygen atoms in total. The van der Waals surface area contributed by atoms with E-state index < -0.39 is 0 Å². The average Bonchev–Trinajstić information content (AvgIpc) is 2.36. The minimum Gasteiger partial charge on any atom is -0.306 e. The first kappa shape index (κ1) is 15.0. The molecule has 0 aromatic heterocycles. The SMILES string of the molecule is CC.CC(C)C1CCC2(CC1)CCN(C)CC2. The van der Waals surface area contributed by atoms with Crippen LogP contribution in [0.3, 0.4) is 0 Å². The third-order valence-electron chi connectivity index (χ3n) is 5.08. The summed E-state index contributed by atoms with van der Waals surface area (Å²) in [7, 11) is 2.27. The van der Waals surface area contributed by atoms with Crippen molar-refractivity contribution in [3.05, 3.63) is 0 Å². The Labute approximate surface area is 109 Å². The van der Waals surface area contributed by atoms with Gasteiger partial charge in [-0.1, -0.05) is 27.7 Å². The van der Waals surface area contributed by atoms with Crippen LogP contribution in [0.25, 0.3) is 0 Å². The molecule has 0 atom stereocenters. The van der Waals surface area contributed by atoms with E-state index in [0.29, 0.717) is 0 Å². The molecule has 0 radical (unpaired) electrons. The van der Waals surface area contributed by atoms with Crippen LogP contribution >= 0.6 is 0 Å². The van der Waals surface area contributed by atoms with Crippen LogP contribution in [0.5, 0.6) is 0 Å². The first-order chi connectivity index (χ1) is 8.11. The standard InChI is InChI=1S/C14H27N.C2H6/c1-12(2)13-4-6-14(7-5-13)8-10-15(3)11-9-14;1-2/h12-13H,4-11H2,1-3H3;1-2H3. The van der Waals surface area contributed by atoms with Gasteiger partial charge in [0.25, 0.3) is 0 Å². The van der Waals surface area contributed by atoms with Gasteiger partial charge in [-0.25, -0.2) is 0 Å². The van der Waals surface area contributed by atoms with Gasteiger partial charge in [0.05, 0.1) is 0 Å². The molecule has 1 saturated carbocycles. The van der Waals surface area contributed by atoms with E-state index in [1.54, 1.807) is 0 Å². The minimum atomic E-state index is 0.762. The molecule has 2 aliphatic rings. The van der Waals surface area contributed by atoms with Gasteiger partial charge in [-0.3, -0.25) is 0 Å². The fourth-order valence-corrected chi connectivity index (χ4v) is 3.51. The summed E-state index contributed by atoms with van der Waals surface area (Å²) in [5.74, 6) is 1.93. The zero-order valence-electron chi connectivity index (χ0n) is 12.8. The van der Waals surface area contributed by atoms with Crippen LogP contribution in [0.4, 0.5) is 0 Å². The topological polar surface area (TPSA) is 3.24 Å². The molecule has 1 aliphatic heterocycles. The number of piperidine rings is 1. The molecule has 17 heavy (non-hydrogen) atoms. The van der Waals surface area contributed by atoms with Crippen LogP contribution < -0.4 is 0 Å². The Bertz CT molecular complexity index is 192. The maximum Gasteiger partial charge on any atom is -0.00165 e. The van der Waals surface area contributed by atoms with Gasteiger partial charge in [0.15, 0.2) is 0 Å². The van der Waals surface area contributed by atoms with Gasteiger partial charge in [0.2, 0.25) is 0 Å². The van der Waals surface area contributed by atoms with Gasteiger partial charge in [0.1, 0.15) is 0 Å². The number of rotatable bonds is 1. The normalized spacial score (nSPS) is 25.8. The maximum absolute atomic E-state index is 2.50. The highest BCUT2D eigenvalue weighted by atomic mass is 15.1. The van der Waals surface area contributed by atoms with E-state index >= 15 is 0 Å². The molecule has 1 spiro atoms. The minimum absolute atomic E-state index is 0.762. The van der Waals surface area contributed by atoms with Crippen LogP contribution in [0.15, 0.2) is 0 Å². The summed E-state index contributed by atoms with van der Waals surface area (Å²) in [6.07, 6.45) is 8.97. The zero-order valence-corrected chi connectivity index (χ0v) is 12.8. The van der Waals surface area contributed by atoms with Crippen LogP contribution in [0.1, 0.15) is 66.2 Å². The lowest BCUT2D eigenvalue weighted by Crippen LogP contribution is -2.40. The average molecular weight is 239 g/mol. The van der Waals surface area contributed by atoms with Gasteiger partial charge in [-0.05, 0) is 75.9 Å². The van der Waals surface area contributed by atoms with Crippen molar-refractivity contribution in [1.82, 2.24) is 4.90 Å². The first-order valence-electron chi connectivity index (χ1n) is 7.80. The number of nitrogens with zero attached hydrogens (tertiary/aromatic N) is 1. The largest absolute Gasteiger partial charge is 0.306 e. The summed E-state index contributed by atoms with van der Waals surface area (Å²) < 4.78 is 0. The Balaban J connectivity index is 0.000000686. The quantitative estimate of drug-likeness (QED) is 0.648. The number of hydrogen-bond donors (Lipinski definition) is 0. The Morgan fingerprint density at radius 1 is 0.941 bits per heavy atom. The predicted octanol–water partition coefficient (Wildman–Crippen LogP) is 4.57. The van der Waals surface area contributed by atoms with Crippen LogP contribution in [-0.2, 0) is 0 Å². The van der Waals surface area contributed by atoms with E-state index in [9.17, 15) is 0 Å². The Morgan fingerprint density at radius 2 is 1.41 bits per heavy atom. The van der Waals surface area contributed by atoms with Crippen molar-refractivity contribution < 1.29 is 0 Å². The van der Waals surface area contributed by atoms with Crippen molar-refractivity contribution in [2.24, 2.45) is 17.3 Å². The smallest absolute Gasteiger partial charge is 0.00165 e. The maximum atomic E-state index is 2.50. The van der Waals surface area contributed by atoms with Crippen molar-refractivity contribution in [2.45, 2.75) is 66.2 Å². The summed E-state index contributed by atoms with van der Waals surface area (Å²) >= 11 is 0. The molecule has 0 unspecified atom stereocenters. The molecule has 1 heteroatoms. The first-order valence-corrected chi connectivity index (χ1v) is 7.80. The third-order valence-corrected chi connectivity index (χ3v) is 5.08. The fourth-order valence-electron chi connectivity index (χ4n) is 3.51. The van der Waals surface area contributed by atoms with Gasteiger partial charge in [-0.2, -0.15) is 0 Å². The van der Waals surface area contributed by atoms with Crippen molar-refractivity contribution in [3.63, 3.8) is 0 Å². The molecular formula is C16H33N. The van der Waals surface area contributed by atoms with E-state index in [1.807, 2.05) is 13.8 Å². The monoisotopic (exact) mass is 239 g/mol. The summed E-state index contributed by atoms with van der Waals surface area (Å²) in [6, 6.07) is 0. The van der Waals surface area contributed by atoms with Crippen molar-refractivity contribution in [3.8, 4) is 0 Å². The van der Waals surface area contributed by atoms with E-state index in [0.717, 1.165) is 17.3 Å². The molecule has 2 rings (SSSR count). The predicted molar refractivity (Wildman–Crippen MR) is 77.3 cm³/mol. The van der Waals surface area contributed by atoms with Crippen molar-refractivity contribution in [2.75, 3.05) is 20.1 Å². The Morgan fingerprint density at radius 3 is 1.82 bits per heavy atom. The lowest BCUT2D eigenvalue weighted by molar-refractivity contribution is 0.0533. The van der Waals surface area contributed by atoms with Crippen LogP contribution in [0.2, 0.25) is 0 Å². The summed E-state index contributed by atoms with van der Waals surface area (Å²) in [4.78, 5) is 2.50. The second-order valence-corrected chi connectivity index (χ2v) is 6.38. The lowest BCUT2D eigenvalue weighted by Gasteiger charge is -2.46.